The summed E-state index contributed by atoms with van der Waals surface area (Å²) in [5, 5.41) is 38.1. The largest absolute Gasteiger partial charge is 0.462 e. The van der Waals surface area contributed by atoms with Gasteiger partial charge in [0.2, 0.25) is 6.29 Å². The Labute approximate surface area is 110 Å². The Balaban J connectivity index is 2.10. The third-order valence-electron chi connectivity index (χ3n) is 3.09. The number of rotatable bonds is 3. The lowest BCUT2D eigenvalue weighted by Crippen LogP contribution is -2.60. The zero-order valence-electron chi connectivity index (χ0n) is 10.5. The van der Waals surface area contributed by atoms with E-state index in [1.165, 1.54) is 0 Å². The van der Waals surface area contributed by atoms with Crippen LogP contribution in [-0.2, 0) is 4.74 Å². The van der Waals surface area contributed by atoms with Crippen LogP contribution in [-0.4, -0.2) is 57.7 Å². The molecule has 0 aromatic heterocycles. The van der Waals surface area contributed by atoms with E-state index in [-0.39, 0.29) is 0 Å². The van der Waals surface area contributed by atoms with E-state index in [1.807, 2.05) is 13.0 Å². The quantitative estimate of drug-likeness (QED) is 0.572. The minimum atomic E-state index is -1.43. The molecule has 1 aromatic carbocycles. The highest BCUT2D eigenvalue weighted by molar-refractivity contribution is 5.27. The number of benzene rings is 1. The Morgan fingerprint density at radius 2 is 1.89 bits per heavy atom. The van der Waals surface area contributed by atoms with Crippen LogP contribution >= 0.6 is 0 Å². The van der Waals surface area contributed by atoms with Crippen molar-refractivity contribution in [2.75, 3.05) is 6.61 Å². The molecule has 1 saturated heterocycles. The van der Waals surface area contributed by atoms with Crippen LogP contribution in [0.15, 0.2) is 24.3 Å². The molecule has 5 atom stereocenters. The maximum Gasteiger partial charge on any atom is 0.229 e. The molecule has 0 saturated carbocycles. The van der Waals surface area contributed by atoms with Gasteiger partial charge in [0.05, 0.1) is 6.61 Å². The summed E-state index contributed by atoms with van der Waals surface area (Å²) in [6.45, 7) is 1.42. The molecule has 1 fully saturated rings. The van der Waals surface area contributed by atoms with Crippen LogP contribution in [0.25, 0.3) is 0 Å². The Morgan fingerprint density at radius 1 is 1.16 bits per heavy atom. The fourth-order valence-electron chi connectivity index (χ4n) is 1.99. The van der Waals surface area contributed by atoms with Gasteiger partial charge in [-0.2, -0.15) is 0 Å². The van der Waals surface area contributed by atoms with Gasteiger partial charge in [0.25, 0.3) is 0 Å². The SMILES string of the molecule is Cc1cccc(O[C@H]2O[C@@H](CO)[C@@H](O)[C@@H](O)[C@H]2O)c1. The molecule has 0 amide bonds. The van der Waals surface area contributed by atoms with Crippen LogP contribution in [0.3, 0.4) is 0 Å². The molecule has 1 aromatic rings. The van der Waals surface area contributed by atoms with Gasteiger partial charge in [0.15, 0.2) is 0 Å². The second kappa shape index (κ2) is 5.85. The highest BCUT2D eigenvalue weighted by atomic mass is 16.7. The van der Waals surface area contributed by atoms with Gasteiger partial charge in [-0.05, 0) is 24.6 Å². The van der Waals surface area contributed by atoms with Gasteiger partial charge >= 0.3 is 0 Å². The summed E-state index contributed by atoms with van der Waals surface area (Å²) >= 11 is 0. The molecular formula is C13H18O6. The van der Waals surface area contributed by atoms with Crippen LogP contribution in [0.4, 0.5) is 0 Å². The zero-order valence-corrected chi connectivity index (χ0v) is 10.5. The molecule has 1 aliphatic heterocycles. The zero-order chi connectivity index (χ0) is 14.0. The van der Waals surface area contributed by atoms with Crippen molar-refractivity contribution >= 4 is 0 Å². The second-order valence-electron chi connectivity index (χ2n) is 4.63. The fraction of sp³-hybridized carbons (Fsp3) is 0.538. The second-order valence-corrected chi connectivity index (χ2v) is 4.63. The van der Waals surface area contributed by atoms with E-state index >= 15 is 0 Å². The van der Waals surface area contributed by atoms with Gasteiger partial charge < -0.3 is 29.9 Å². The summed E-state index contributed by atoms with van der Waals surface area (Å²) < 4.78 is 10.7. The van der Waals surface area contributed by atoms with Crippen molar-refractivity contribution in [1.29, 1.82) is 0 Å². The van der Waals surface area contributed by atoms with Crippen molar-refractivity contribution in [3.05, 3.63) is 29.8 Å². The first kappa shape index (κ1) is 14.2. The van der Waals surface area contributed by atoms with Gasteiger partial charge in [-0.25, -0.2) is 0 Å². The molecule has 6 heteroatoms. The molecule has 1 heterocycles. The summed E-state index contributed by atoms with van der Waals surface area (Å²) in [6, 6.07) is 7.12. The van der Waals surface area contributed by atoms with Gasteiger partial charge in [0, 0.05) is 0 Å². The predicted molar refractivity (Wildman–Crippen MR) is 65.6 cm³/mol. The van der Waals surface area contributed by atoms with E-state index in [1.54, 1.807) is 18.2 Å². The van der Waals surface area contributed by atoms with Crippen molar-refractivity contribution < 1.29 is 29.9 Å². The van der Waals surface area contributed by atoms with E-state index in [0.29, 0.717) is 5.75 Å². The lowest BCUT2D eigenvalue weighted by Gasteiger charge is -2.39. The maximum absolute atomic E-state index is 9.81. The molecule has 0 radical (unpaired) electrons. The molecule has 1 aliphatic rings. The molecular weight excluding hydrogens is 252 g/mol. The van der Waals surface area contributed by atoms with Crippen molar-refractivity contribution in [1.82, 2.24) is 0 Å². The van der Waals surface area contributed by atoms with Crippen LogP contribution in [0.2, 0.25) is 0 Å². The van der Waals surface area contributed by atoms with E-state index in [2.05, 4.69) is 0 Å². The third kappa shape index (κ3) is 3.05. The number of ether oxygens (including phenoxy) is 2. The Morgan fingerprint density at radius 3 is 2.53 bits per heavy atom. The molecule has 19 heavy (non-hydrogen) atoms. The molecule has 0 aliphatic carbocycles. The lowest BCUT2D eigenvalue weighted by atomic mass is 9.99. The fourth-order valence-corrected chi connectivity index (χ4v) is 1.99. The molecule has 2 rings (SSSR count). The van der Waals surface area contributed by atoms with Crippen LogP contribution in [0.5, 0.6) is 5.75 Å². The van der Waals surface area contributed by atoms with Crippen LogP contribution in [0, 0.1) is 6.92 Å². The van der Waals surface area contributed by atoms with Crippen molar-refractivity contribution in [2.24, 2.45) is 0 Å². The normalized spacial score (nSPS) is 35.1. The Bertz CT molecular complexity index is 421. The smallest absolute Gasteiger partial charge is 0.229 e. The molecule has 0 bridgehead atoms. The van der Waals surface area contributed by atoms with Crippen LogP contribution < -0.4 is 4.74 Å². The predicted octanol–water partition coefficient (Wildman–Crippen LogP) is -0.826. The molecule has 0 spiro atoms. The summed E-state index contributed by atoms with van der Waals surface area (Å²) in [6.07, 6.45) is -6.30. The number of aliphatic hydroxyl groups excluding tert-OH is 4. The average molecular weight is 270 g/mol. The molecule has 106 valence electrons. The Hall–Kier alpha value is -1.18. The first-order chi connectivity index (χ1) is 9.02. The van der Waals surface area contributed by atoms with E-state index in [4.69, 9.17) is 14.6 Å². The van der Waals surface area contributed by atoms with Crippen molar-refractivity contribution in [2.45, 2.75) is 37.6 Å². The first-order valence-corrected chi connectivity index (χ1v) is 6.07. The standard InChI is InChI=1S/C13H18O6/c1-7-3-2-4-8(5-7)18-13-12(17)11(16)10(15)9(6-14)19-13/h2-5,9-17H,6H2,1H3/t9-,10+,11+,12+,13-/m0/s1. The third-order valence-corrected chi connectivity index (χ3v) is 3.09. The number of hydrogen-bond donors (Lipinski definition) is 4. The average Bonchev–Trinajstić information content (AvgIpc) is 2.39. The summed E-state index contributed by atoms with van der Waals surface area (Å²) in [7, 11) is 0. The summed E-state index contributed by atoms with van der Waals surface area (Å²) in [4.78, 5) is 0. The first-order valence-electron chi connectivity index (χ1n) is 6.07. The Kier molecular flexibility index (Phi) is 4.38. The molecule has 6 nitrogen and oxygen atoms in total. The highest BCUT2D eigenvalue weighted by Crippen LogP contribution is 2.24. The number of aryl methyl sites for hydroxylation is 1. The van der Waals surface area contributed by atoms with Crippen molar-refractivity contribution in [3.63, 3.8) is 0 Å². The summed E-state index contributed by atoms with van der Waals surface area (Å²) in [5.74, 6) is 0.476. The number of hydrogen-bond acceptors (Lipinski definition) is 6. The lowest BCUT2D eigenvalue weighted by molar-refractivity contribution is -0.277. The van der Waals surface area contributed by atoms with Gasteiger partial charge in [0.1, 0.15) is 30.2 Å². The van der Waals surface area contributed by atoms with E-state index in [0.717, 1.165) is 5.56 Å². The molecule has 0 unspecified atom stereocenters. The topological polar surface area (TPSA) is 99.4 Å². The van der Waals surface area contributed by atoms with Gasteiger partial charge in [-0.3, -0.25) is 0 Å². The summed E-state index contributed by atoms with van der Waals surface area (Å²) in [5.41, 5.74) is 0.974. The maximum atomic E-state index is 9.81. The van der Waals surface area contributed by atoms with Gasteiger partial charge in [-0.15, -0.1) is 0 Å². The minimum absolute atomic E-state index is 0.474. The van der Waals surface area contributed by atoms with Crippen LogP contribution in [0.1, 0.15) is 5.56 Å². The highest BCUT2D eigenvalue weighted by Gasteiger charge is 2.44. The van der Waals surface area contributed by atoms with E-state index < -0.39 is 37.3 Å². The minimum Gasteiger partial charge on any atom is -0.462 e. The van der Waals surface area contributed by atoms with E-state index in [9.17, 15) is 15.3 Å². The van der Waals surface area contributed by atoms with Gasteiger partial charge in [-0.1, -0.05) is 12.1 Å². The number of aliphatic hydroxyl groups is 4. The molecule has 4 N–H and O–H groups in total. The van der Waals surface area contributed by atoms with Crippen molar-refractivity contribution in [3.8, 4) is 5.75 Å². The monoisotopic (exact) mass is 270 g/mol.